The van der Waals surface area contributed by atoms with Crippen molar-refractivity contribution in [1.29, 1.82) is 0 Å². The summed E-state index contributed by atoms with van der Waals surface area (Å²) in [5, 5.41) is 0. The number of methoxy groups -OCH3 is 1. The zero-order valence-corrected chi connectivity index (χ0v) is 7.19. The van der Waals surface area contributed by atoms with Crippen molar-refractivity contribution in [2.75, 3.05) is 20.3 Å². The Hall–Kier alpha value is -1.36. The van der Waals surface area contributed by atoms with Crippen molar-refractivity contribution in [1.82, 2.24) is 0 Å². The third-order valence-corrected chi connectivity index (χ3v) is 1.37. The maximum atomic E-state index is 10.8. The highest BCUT2D eigenvalue weighted by Gasteiger charge is 2.23. The Labute approximate surface area is 75.3 Å². The van der Waals surface area contributed by atoms with Crippen LogP contribution < -0.4 is 0 Å². The monoisotopic (exact) mass is 186 g/mol. The predicted octanol–water partition coefficient (Wildman–Crippen LogP) is -0.342. The molecule has 0 amide bonds. The quantitative estimate of drug-likeness (QED) is 0.341. The van der Waals surface area contributed by atoms with Crippen LogP contribution in [0, 0.1) is 0 Å². The Morgan fingerprint density at radius 3 is 2.62 bits per heavy atom. The SMILES string of the molecule is COC(=O)/C=C/C(=O)OCC1CO1. The molecular formula is C8H10O5. The molecule has 0 bridgehead atoms. The molecule has 0 aliphatic carbocycles. The fourth-order valence-electron chi connectivity index (χ4n) is 0.592. The summed E-state index contributed by atoms with van der Waals surface area (Å²) in [6, 6.07) is 0. The van der Waals surface area contributed by atoms with Gasteiger partial charge in [0.1, 0.15) is 12.7 Å². The lowest BCUT2D eigenvalue weighted by molar-refractivity contribution is -0.139. The van der Waals surface area contributed by atoms with Gasteiger partial charge in [0, 0.05) is 12.2 Å². The summed E-state index contributed by atoms with van der Waals surface area (Å²) in [7, 11) is 1.23. The van der Waals surface area contributed by atoms with Crippen LogP contribution in [0.15, 0.2) is 12.2 Å². The number of epoxide rings is 1. The fraction of sp³-hybridized carbons (Fsp3) is 0.500. The molecule has 0 saturated carbocycles. The predicted molar refractivity (Wildman–Crippen MR) is 41.9 cm³/mol. The highest BCUT2D eigenvalue weighted by molar-refractivity contribution is 5.91. The summed E-state index contributed by atoms with van der Waals surface area (Å²) >= 11 is 0. The number of esters is 2. The summed E-state index contributed by atoms with van der Waals surface area (Å²) in [6.07, 6.45) is 2.07. The first-order valence-electron chi connectivity index (χ1n) is 3.76. The second-order valence-corrected chi connectivity index (χ2v) is 2.44. The Morgan fingerprint density at radius 2 is 2.08 bits per heavy atom. The molecule has 5 nitrogen and oxygen atoms in total. The molecule has 1 atom stereocenters. The molecule has 1 unspecified atom stereocenters. The molecule has 0 aromatic carbocycles. The van der Waals surface area contributed by atoms with Crippen molar-refractivity contribution in [3.05, 3.63) is 12.2 Å². The van der Waals surface area contributed by atoms with Gasteiger partial charge in [-0.05, 0) is 0 Å². The number of hydrogen-bond acceptors (Lipinski definition) is 5. The van der Waals surface area contributed by atoms with E-state index in [2.05, 4.69) is 4.74 Å². The van der Waals surface area contributed by atoms with E-state index in [4.69, 9.17) is 9.47 Å². The van der Waals surface area contributed by atoms with Gasteiger partial charge in [0.05, 0.1) is 13.7 Å². The van der Waals surface area contributed by atoms with Gasteiger partial charge in [0.15, 0.2) is 0 Å². The van der Waals surface area contributed by atoms with E-state index in [1.54, 1.807) is 0 Å². The maximum absolute atomic E-state index is 10.8. The number of carbonyl (C=O) groups is 2. The van der Waals surface area contributed by atoms with Crippen LogP contribution in [0.3, 0.4) is 0 Å². The molecule has 1 rings (SSSR count). The minimum atomic E-state index is -0.584. The first kappa shape index (κ1) is 9.73. The van der Waals surface area contributed by atoms with Gasteiger partial charge in [0.25, 0.3) is 0 Å². The molecule has 13 heavy (non-hydrogen) atoms. The van der Waals surface area contributed by atoms with E-state index < -0.39 is 11.9 Å². The zero-order chi connectivity index (χ0) is 9.68. The van der Waals surface area contributed by atoms with Crippen molar-refractivity contribution in [2.45, 2.75) is 6.10 Å². The Kier molecular flexibility index (Phi) is 3.45. The zero-order valence-electron chi connectivity index (χ0n) is 7.19. The van der Waals surface area contributed by atoms with Crippen molar-refractivity contribution < 1.29 is 23.8 Å². The number of ether oxygens (including phenoxy) is 3. The van der Waals surface area contributed by atoms with Crippen LogP contribution in [0.5, 0.6) is 0 Å². The molecule has 1 aliphatic heterocycles. The summed E-state index contributed by atoms with van der Waals surface area (Å²) in [5.41, 5.74) is 0. The number of carbonyl (C=O) groups excluding carboxylic acids is 2. The topological polar surface area (TPSA) is 65.1 Å². The van der Waals surface area contributed by atoms with E-state index >= 15 is 0 Å². The van der Waals surface area contributed by atoms with Gasteiger partial charge in [-0.15, -0.1) is 0 Å². The number of rotatable bonds is 4. The minimum Gasteiger partial charge on any atom is -0.466 e. The van der Waals surface area contributed by atoms with E-state index in [0.717, 1.165) is 12.2 Å². The van der Waals surface area contributed by atoms with E-state index in [9.17, 15) is 9.59 Å². The average Bonchev–Trinajstić information content (AvgIpc) is 2.94. The van der Waals surface area contributed by atoms with E-state index in [1.807, 2.05) is 0 Å². The fourth-order valence-corrected chi connectivity index (χ4v) is 0.592. The highest BCUT2D eigenvalue weighted by atomic mass is 16.6. The largest absolute Gasteiger partial charge is 0.466 e. The molecule has 1 heterocycles. The first-order valence-corrected chi connectivity index (χ1v) is 3.76. The molecule has 1 saturated heterocycles. The van der Waals surface area contributed by atoms with Gasteiger partial charge >= 0.3 is 11.9 Å². The smallest absolute Gasteiger partial charge is 0.331 e. The van der Waals surface area contributed by atoms with Gasteiger partial charge < -0.3 is 14.2 Å². The van der Waals surface area contributed by atoms with Crippen molar-refractivity contribution in [3.8, 4) is 0 Å². The molecule has 0 aromatic rings. The average molecular weight is 186 g/mol. The molecule has 5 heteroatoms. The lowest BCUT2D eigenvalue weighted by Gasteiger charge is -1.96. The van der Waals surface area contributed by atoms with E-state index in [1.165, 1.54) is 7.11 Å². The van der Waals surface area contributed by atoms with Crippen molar-refractivity contribution >= 4 is 11.9 Å². The van der Waals surface area contributed by atoms with Crippen LogP contribution in [-0.4, -0.2) is 38.4 Å². The standard InChI is InChI=1S/C8H10O5/c1-11-7(9)2-3-8(10)13-5-6-4-12-6/h2-3,6H,4-5H2,1H3/b3-2+. The van der Waals surface area contributed by atoms with Gasteiger partial charge in [-0.3, -0.25) is 0 Å². The maximum Gasteiger partial charge on any atom is 0.331 e. The van der Waals surface area contributed by atoms with Crippen LogP contribution >= 0.6 is 0 Å². The molecular weight excluding hydrogens is 176 g/mol. The highest BCUT2D eigenvalue weighted by Crippen LogP contribution is 2.08. The molecule has 1 fully saturated rings. The van der Waals surface area contributed by atoms with Crippen LogP contribution in [0.25, 0.3) is 0 Å². The molecule has 0 N–H and O–H groups in total. The summed E-state index contributed by atoms with van der Waals surface area (Å²) in [6.45, 7) is 0.873. The summed E-state index contributed by atoms with van der Waals surface area (Å²) < 4.78 is 13.8. The van der Waals surface area contributed by atoms with Gasteiger partial charge in [0.2, 0.25) is 0 Å². The van der Waals surface area contributed by atoms with Crippen molar-refractivity contribution in [3.63, 3.8) is 0 Å². The minimum absolute atomic E-state index is 0.0375. The van der Waals surface area contributed by atoms with E-state index in [0.29, 0.717) is 6.61 Å². The van der Waals surface area contributed by atoms with Gasteiger partial charge in [-0.2, -0.15) is 0 Å². The lowest BCUT2D eigenvalue weighted by Crippen LogP contribution is -2.07. The Morgan fingerprint density at radius 1 is 1.46 bits per heavy atom. The summed E-state index contributed by atoms with van der Waals surface area (Å²) in [5.74, 6) is -1.15. The third-order valence-electron chi connectivity index (χ3n) is 1.37. The van der Waals surface area contributed by atoms with Crippen LogP contribution in [0.1, 0.15) is 0 Å². The third kappa shape index (κ3) is 4.27. The van der Waals surface area contributed by atoms with Crippen LogP contribution in [-0.2, 0) is 23.8 Å². The van der Waals surface area contributed by atoms with Gasteiger partial charge in [-0.1, -0.05) is 0 Å². The number of hydrogen-bond donors (Lipinski definition) is 0. The molecule has 0 spiro atoms. The molecule has 0 aromatic heterocycles. The van der Waals surface area contributed by atoms with E-state index in [-0.39, 0.29) is 12.7 Å². The molecule has 72 valence electrons. The summed E-state index contributed by atoms with van der Waals surface area (Å²) in [4.78, 5) is 21.3. The van der Waals surface area contributed by atoms with Crippen molar-refractivity contribution in [2.24, 2.45) is 0 Å². The van der Waals surface area contributed by atoms with Gasteiger partial charge in [-0.25, -0.2) is 9.59 Å². The van der Waals surface area contributed by atoms with Crippen LogP contribution in [0.4, 0.5) is 0 Å². The second-order valence-electron chi connectivity index (χ2n) is 2.44. The Bertz CT molecular complexity index is 229. The second kappa shape index (κ2) is 4.61. The first-order chi connectivity index (χ1) is 6.22. The molecule has 0 radical (unpaired) electrons. The lowest BCUT2D eigenvalue weighted by atomic mass is 10.5. The van der Waals surface area contributed by atoms with Crippen LogP contribution in [0.2, 0.25) is 0 Å². The normalized spacial score (nSPS) is 19.9. The Balaban J connectivity index is 2.14. The molecule has 1 aliphatic rings.